The monoisotopic (exact) mass is 606 g/mol. The molecule has 2 bridgehead atoms. The summed E-state index contributed by atoms with van der Waals surface area (Å²) in [5.74, 6) is -0.495. The predicted molar refractivity (Wildman–Crippen MR) is 157 cm³/mol. The van der Waals surface area contributed by atoms with Crippen LogP contribution in [0.25, 0.3) is 0 Å². The average Bonchev–Trinajstić information content (AvgIpc) is 3.44. The minimum Gasteiger partial charge on any atom is -0.378 e. The first-order chi connectivity index (χ1) is 20.9. The summed E-state index contributed by atoms with van der Waals surface area (Å²) in [5, 5.41) is 6.71. The molecule has 0 radical (unpaired) electrons. The van der Waals surface area contributed by atoms with E-state index >= 15 is 0 Å². The molecule has 13 nitrogen and oxygen atoms in total. The Hall–Kier alpha value is -2.32. The molecular weight excluding hydrogens is 556 g/mol. The van der Waals surface area contributed by atoms with Crippen LogP contribution in [-0.4, -0.2) is 160 Å². The summed E-state index contributed by atoms with van der Waals surface area (Å²) in [7, 11) is 2.13. The number of fused-ring (bicyclic) bond motifs is 3. The summed E-state index contributed by atoms with van der Waals surface area (Å²) >= 11 is 0. The van der Waals surface area contributed by atoms with Crippen LogP contribution in [0.15, 0.2) is 0 Å². The molecule has 4 atom stereocenters. The van der Waals surface area contributed by atoms with Gasteiger partial charge in [-0.25, -0.2) is 0 Å². The van der Waals surface area contributed by atoms with Crippen molar-refractivity contribution in [3.63, 3.8) is 0 Å². The Morgan fingerprint density at radius 2 is 1.60 bits per heavy atom. The van der Waals surface area contributed by atoms with Gasteiger partial charge in [-0.3, -0.25) is 19.2 Å². The molecule has 5 aliphatic rings. The van der Waals surface area contributed by atoms with Gasteiger partial charge in [-0.05, 0) is 57.7 Å². The Labute approximate surface area is 254 Å². The minimum atomic E-state index is -0.565. The Kier molecular flexibility index (Phi) is 11.6. The number of carbonyl (C=O) groups excluding carboxylic acids is 4. The standard InChI is InChI=1S/C30H50N6O7/c1-33-6-3-24(4-7-33)32-25-18-26-30(40)31-5-11-41-14-15-43-21-29(39)35-8-2-22(16-27(37)34-9-12-42-13-10-34)23(19-35)17-28(38)36(26)20-25/h22-26,32H,2-21H2,1H3,(H,31,40)/t22-,23-,25-,26-/m0/s1. The summed E-state index contributed by atoms with van der Waals surface area (Å²) in [6.07, 6.45) is 3.84. The molecule has 242 valence electrons. The van der Waals surface area contributed by atoms with Gasteiger partial charge in [-0.1, -0.05) is 0 Å². The van der Waals surface area contributed by atoms with Crippen molar-refractivity contribution in [3.05, 3.63) is 0 Å². The number of nitrogens with zero attached hydrogens (tertiary/aromatic N) is 4. The minimum absolute atomic E-state index is 0.0252. The number of ether oxygens (including phenoxy) is 3. The Morgan fingerprint density at radius 1 is 0.860 bits per heavy atom. The zero-order chi connectivity index (χ0) is 30.2. The van der Waals surface area contributed by atoms with Gasteiger partial charge in [0.05, 0.1) is 33.0 Å². The van der Waals surface area contributed by atoms with Gasteiger partial charge in [0.1, 0.15) is 12.6 Å². The average molecular weight is 607 g/mol. The molecule has 0 unspecified atom stereocenters. The van der Waals surface area contributed by atoms with Gasteiger partial charge in [-0.15, -0.1) is 0 Å². The molecule has 0 aliphatic carbocycles. The molecule has 0 spiro atoms. The molecule has 0 saturated carbocycles. The van der Waals surface area contributed by atoms with Gasteiger partial charge >= 0.3 is 0 Å². The van der Waals surface area contributed by atoms with Gasteiger partial charge in [0.15, 0.2) is 0 Å². The number of piperidine rings is 2. The third-order valence-electron chi connectivity index (χ3n) is 9.74. The van der Waals surface area contributed by atoms with Crippen LogP contribution in [0.4, 0.5) is 0 Å². The summed E-state index contributed by atoms with van der Waals surface area (Å²) in [6, 6.07) is -0.158. The van der Waals surface area contributed by atoms with E-state index in [4.69, 9.17) is 14.2 Å². The fourth-order valence-electron chi connectivity index (χ4n) is 7.14. The second kappa shape index (κ2) is 15.6. The van der Waals surface area contributed by atoms with Gasteiger partial charge < -0.3 is 44.4 Å². The van der Waals surface area contributed by atoms with Gasteiger partial charge in [0.25, 0.3) is 0 Å². The maximum Gasteiger partial charge on any atom is 0.248 e. The van der Waals surface area contributed by atoms with Gasteiger partial charge in [0.2, 0.25) is 23.6 Å². The van der Waals surface area contributed by atoms with Crippen molar-refractivity contribution in [3.8, 4) is 0 Å². The largest absolute Gasteiger partial charge is 0.378 e. The molecule has 2 N–H and O–H groups in total. The van der Waals surface area contributed by atoms with E-state index in [9.17, 15) is 19.2 Å². The molecule has 13 heteroatoms. The predicted octanol–water partition coefficient (Wildman–Crippen LogP) is -1.09. The number of carbonyl (C=O) groups is 4. The van der Waals surface area contributed by atoms with E-state index in [0.29, 0.717) is 91.0 Å². The highest BCUT2D eigenvalue weighted by Gasteiger charge is 2.42. The number of nitrogens with one attached hydrogen (secondary N) is 2. The summed E-state index contributed by atoms with van der Waals surface area (Å²) in [4.78, 5) is 61.3. The fraction of sp³-hybridized carbons (Fsp3) is 0.867. The Balaban J connectivity index is 1.30. The molecular formula is C30H50N6O7. The SMILES string of the molecule is CN1CCC(N[C@H]2C[C@H]3C(=O)NCCOCCOCC(=O)N4CC[C@@H](CC(=O)N5CCOCC5)[C@@H](CC(=O)N3C2)C4)CC1. The van der Waals surface area contributed by atoms with E-state index in [1.165, 1.54) is 0 Å². The summed E-state index contributed by atoms with van der Waals surface area (Å²) in [5.41, 5.74) is 0. The molecule has 5 rings (SSSR count). The van der Waals surface area contributed by atoms with E-state index in [2.05, 4.69) is 22.6 Å². The van der Waals surface area contributed by atoms with Crippen LogP contribution in [0, 0.1) is 11.8 Å². The number of morpholine rings is 1. The van der Waals surface area contributed by atoms with Crippen molar-refractivity contribution in [1.29, 1.82) is 0 Å². The van der Waals surface area contributed by atoms with Crippen molar-refractivity contribution in [2.24, 2.45) is 11.8 Å². The highest BCUT2D eigenvalue weighted by molar-refractivity contribution is 5.88. The molecule has 43 heavy (non-hydrogen) atoms. The van der Waals surface area contributed by atoms with Crippen molar-refractivity contribution >= 4 is 23.6 Å². The molecule has 0 aromatic rings. The second-order valence-corrected chi connectivity index (χ2v) is 12.7. The van der Waals surface area contributed by atoms with Crippen LogP contribution in [0.3, 0.4) is 0 Å². The first-order valence-electron chi connectivity index (χ1n) is 16.2. The first-order valence-corrected chi connectivity index (χ1v) is 16.2. The molecule has 5 saturated heterocycles. The number of hydrogen-bond acceptors (Lipinski definition) is 9. The maximum absolute atomic E-state index is 14.0. The third kappa shape index (κ3) is 8.87. The lowest BCUT2D eigenvalue weighted by Crippen LogP contribution is -2.50. The smallest absolute Gasteiger partial charge is 0.248 e. The number of rotatable bonds is 4. The number of hydrogen-bond donors (Lipinski definition) is 2. The molecule has 5 fully saturated rings. The van der Waals surface area contributed by atoms with Crippen LogP contribution >= 0.6 is 0 Å². The number of likely N-dealkylation sites (tertiary alicyclic amines) is 1. The van der Waals surface area contributed by atoms with Gasteiger partial charge in [-0.2, -0.15) is 0 Å². The highest BCUT2D eigenvalue weighted by Crippen LogP contribution is 2.32. The highest BCUT2D eigenvalue weighted by atomic mass is 16.5. The molecule has 0 aromatic carbocycles. The lowest BCUT2D eigenvalue weighted by atomic mass is 9.80. The Morgan fingerprint density at radius 3 is 2.40 bits per heavy atom. The van der Waals surface area contributed by atoms with Crippen LogP contribution in [0.5, 0.6) is 0 Å². The topological polar surface area (TPSA) is 133 Å². The lowest BCUT2D eigenvalue weighted by Gasteiger charge is -2.40. The quantitative estimate of drug-likeness (QED) is 0.410. The van der Waals surface area contributed by atoms with Crippen molar-refractivity contribution < 1.29 is 33.4 Å². The zero-order valence-corrected chi connectivity index (χ0v) is 25.7. The first kappa shape index (κ1) is 32.1. The third-order valence-corrected chi connectivity index (χ3v) is 9.74. The van der Waals surface area contributed by atoms with Crippen LogP contribution in [0.1, 0.15) is 38.5 Å². The molecule has 4 amide bonds. The molecule has 0 aromatic heterocycles. The molecule has 5 heterocycles. The van der Waals surface area contributed by atoms with Crippen LogP contribution in [0.2, 0.25) is 0 Å². The summed E-state index contributed by atoms with van der Waals surface area (Å²) in [6.45, 7) is 6.93. The van der Waals surface area contributed by atoms with Crippen molar-refractivity contribution in [1.82, 2.24) is 30.2 Å². The second-order valence-electron chi connectivity index (χ2n) is 12.7. The lowest BCUT2D eigenvalue weighted by molar-refractivity contribution is -0.144. The van der Waals surface area contributed by atoms with E-state index in [0.717, 1.165) is 25.9 Å². The van der Waals surface area contributed by atoms with Crippen LogP contribution < -0.4 is 10.6 Å². The van der Waals surface area contributed by atoms with Crippen molar-refractivity contribution in [2.45, 2.75) is 56.7 Å². The van der Waals surface area contributed by atoms with Crippen molar-refractivity contribution in [2.75, 3.05) is 99.0 Å². The van der Waals surface area contributed by atoms with E-state index in [-0.39, 0.29) is 61.1 Å². The normalized spacial score (nSPS) is 31.5. The van der Waals surface area contributed by atoms with E-state index < -0.39 is 6.04 Å². The van der Waals surface area contributed by atoms with Gasteiger partial charge in [0, 0.05) is 64.2 Å². The molecule has 5 aliphatic heterocycles. The van der Waals surface area contributed by atoms with Crippen LogP contribution in [-0.2, 0) is 33.4 Å². The van der Waals surface area contributed by atoms with E-state index in [1.807, 2.05) is 4.90 Å². The Bertz CT molecular complexity index is 971. The number of amides is 4. The zero-order valence-electron chi connectivity index (χ0n) is 25.7. The van der Waals surface area contributed by atoms with E-state index in [1.54, 1.807) is 9.80 Å². The fourth-order valence-corrected chi connectivity index (χ4v) is 7.14. The summed E-state index contributed by atoms with van der Waals surface area (Å²) < 4.78 is 16.6. The maximum atomic E-state index is 14.0.